The van der Waals surface area contributed by atoms with Crippen LogP contribution in [0.5, 0.6) is 0 Å². The highest BCUT2D eigenvalue weighted by atomic mass is 32.2. The Morgan fingerprint density at radius 3 is 2.27 bits per heavy atom. The van der Waals surface area contributed by atoms with Crippen molar-refractivity contribution >= 4 is 15.9 Å². The van der Waals surface area contributed by atoms with E-state index in [1.54, 1.807) is 35.6 Å². The van der Waals surface area contributed by atoms with Crippen molar-refractivity contribution in [1.82, 2.24) is 19.0 Å². The lowest BCUT2D eigenvalue weighted by molar-refractivity contribution is 0.0666. The van der Waals surface area contributed by atoms with Gasteiger partial charge in [-0.05, 0) is 45.0 Å². The number of amides is 1. The number of piperazine rings is 1. The van der Waals surface area contributed by atoms with Crippen LogP contribution in [0.15, 0.2) is 52.0 Å². The summed E-state index contributed by atoms with van der Waals surface area (Å²) in [6.07, 6.45) is 1.45. The summed E-state index contributed by atoms with van der Waals surface area (Å²) in [5.74, 6) is 0.0361. The van der Waals surface area contributed by atoms with Gasteiger partial charge in [0.1, 0.15) is 4.90 Å². The van der Waals surface area contributed by atoms with Crippen molar-refractivity contribution in [3.63, 3.8) is 0 Å². The SMILES string of the molecule is Cc1ccc(-n2nc(C)c(S(=O)(=O)N3CCN(C(=O)c4ccco4)CC3)c2C)cc1. The van der Waals surface area contributed by atoms with Gasteiger partial charge in [-0.2, -0.15) is 9.40 Å². The first kappa shape index (κ1) is 20.4. The summed E-state index contributed by atoms with van der Waals surface area (Å²) in [4.78, 5) is 14.3. The molecule has 1 aromatic carbocycles. The minimum atomic E-state index is -3.73. The molecule has 1 fully saturated rings. The van der Waals surface area contributed by atoms with Crippen LogP contribution < -0.4 is 0 Å². The monoisotopic (exact) mass is 428 g/mol. The van der Waals surface area contributed by atoms with Gasteiger partial charge in [0.25, 0.3) is 5.91 Å². The Labute approximate surface area is 175 Å². The minimum Gasteiger partial charge on any atom is -0.459 e. The summed E-state index contributed by atoms with van der Waals surface area (Å²) >= 11 is 0. The van der Waals surface area contributed by atoms with Crippen LogP contribution in [-0.4, -0.2) is 59.5 Å². The molecule has 3 aromatic rings. The van der Waals surface area contributed by atoms with Crippen LogP contribution in [0, 0.1) is 20.8 Å². The van der Waals surface area contributed by atoms with Crippen LogP contribution in [0.25, 0.3) is 5.69 Å². The topological polar surface area (TPSA) is 88.7 Å². The molecule has 1 aliphatic heterocycles. The summed E-state index contributed by atoms with van der Waals surface area (Å²) in [6.45, 7) is 6.54. The molecule has 3 heterocycles. The predicted octanol–water partition coefficient (Wildman–Crippen LogP) is 2.54. The number of furan rings is 1. The highest BCUT2D eigenvalue weighted by Gasteiger charge is 2.34. The number of hydrogen-bond donors (Lipinski definition) is 0. The van der Waals surface area contributed by atoms with E-state index in [0.717, 1.165) is 11.3 Å². The molecule has 2 aromatic heterocycles. The molecule has 8 nitrogen and oxygen atoms in total. The Morgan fingerprint density at radius 1 is 1.00 bits per heavy atom. The highest BCUT2D eigenvalue weighted by molar-refractivity contribution is 7.89. The summed E-state index contributed by atoms with van der Waals surface area (Å²) in [6, 6.07) is 11.0. The Bertz CT molecular complexity index is 1160. The van der Waals surface area contributed by atoms with E-state index in [0.29, 0.717) is 24.5 Å². The van der Waals surface area contributed by atoms with Gasteiger partial charge in [0.15, 0.2) is 5.76 Å². The first-order valence-corrected chi connectivity index (χ1v) is 11.2. The molecule has 1 amide bonds. The van der Waals surface area contributed by atoms with Crippen molar-refractivity contribution in [2.24, 2.45) is 0 Å². The average Bonchev–Trinajstić information content (AvgIpc) is 3.36. The number of aryl methyl sites for hydroxylation is 2. The smallest absolute Gasteiger partial charge is 0.289 e. The van der Waals surface area contributed by atoms with E-state index in [2.05, 4.69) is 5.10 Å². The molecular formula is C21H24N4O4S. The van der Waals surface area contributed by atoms with E-state index in [9.17, 15) is 13.2 Å². The van der Waals surface area contributed by atoms with E-state index in [1.165, 1.54) is 10.6 Å². The molecule has 9 heteroatoms. The maximum atomic E-state index is 13.4. The third kappa shape index (κ3) is 3.54. The summed E-state index contributed by atoms with van der Waals surface area (Å²) in [5, 5.41) is 4.48. The fraction of sp³-hybridized carbons (Fsp3) is 0.333. The van der Waals surface area contributed by atoms with Gasteiger partial charge < -0.3 is 9.32 Å². The molecule has 158 valence electrons. The van der Waals surface area contributed by atoms with Crippen molar-refractivity contribution in [3.8, 4) is 5.69 Å². The molecule has 0 spiro atoms. The van der Waals surface area contributed by atoms with Gasteiger partial charge in [0, 0.05) is 26.2 Å². The number of nitrogens with zero attached hydrogens (tertiary/aromatic N) is 4. The largest absolute Gasteiger partial charge is 0.459 e. The van der Waals surface area contributed by atoms with Gasteiger partial charge in [-0.15, -0.1) is 0 Å². The van der Waals surface area contributed by atoms with Crippen molar-refractivity contribution < 1.29 is 17.6 Å². The second-order valence-electron chi connectivity index (χ2n) is 7.42. The van der Waals surface area contributed by atoms with Crippen molar-refractivity contribution in [2.45, 2.75) is 25.7 Å². The molecule has 0 aliphatic carbocycles. The standard InChI is InChI=1S/C21H24N4O4S/c1-15-6-8-18(9-7-15)25-17(3)20(16(2)22-25)30(27,28)24-12-10-23(11-13-24)21(26)19-5-4-14-29-19/h4-9,14H,10-13H2,1-3H3. The number of aromatic nitrogens is 2. The lowest BCUT2D eigenvalue weighted by atomic mass is 10.2. The fourth-order valence-corrected chi connectivity index (χ4v) is 5.53. The molecule has 0 bridgehead atoms. The maximum absolute atomic E-state index is 13.4. The van der Waals surface area contributed by atoms with E-state index in [1.807, 2.05) is 31.2 Å². The molecule has 0 radical (unpaired) electrons. The Kier molecular flexibility index (Phi) is 5.25. The maximum Gasteiger partial charge on any atom is 0.289 e. The third-order valence-corrected chi connectivity index (χ3v) is 7.51. The third-order valence-electron chi connectivity index (χ3n) is 5.36. The predicted molar refractivity (Wildman–Crippen MR) is 111 cm³/mol. The van der Waals surface area contributed by atoms with Crippen LogP contribution in [0.1, 0.15) is 27.5 Å². The lowest BCUT2D eigenvalue weighted by Crippen LogP contribution is -2.50. The van der Waals surface area contributed by atoms with Crippen LogP contribution in [0.4, 0.5) is 0 Å². The molecule has 0 saturated carbocycles. The molecule has 1 aliphatic rings. The first-order valence-electron chi connectivity index (χ1n) is 9.75. The van der Waals surface area contributed by atoms with Crippen molar-refractivity contribution in [2.75, 3.05) is 26.2 Å². The Balaban J connectivity index is 1.56. The zero-order valence-electron chi connectivity index (χ0n) is 17.2. The second-order valence-corrected chi connectivity index (χ2v) is 9.30. The second kappa shape index (κ2) is 7.73. The molecule has 4 rings (SSSR count). The number of carbonyl (C=O) groups excluding carboxylic acids is 1. The normalized spacial score (nSPS) is 15.5. The highest BCUT2D eigenvalue weighted by Crippen LogP contribution is 2.27. The molecule has 0 unspecified atom stereocenters. The molecule has 30 heavy (non-hydrogen) atoms. The summed E-state index contributed by atoms with van der Waals surface area (Å²) in [7, 11) is -3.73. The van der Waals surface area contributed by atoms with E-state index < -0.39 is 10.0 Å². The lowest BCUT2D eigenvalue weighted by Gasteiger charge is -2.33. The van der Waals surface area contributed by atoms with Crippen molar-refractivity contribution in [1.29, 1.82) is 0 Å². The van der Waals surface area contributed by atoms with Gasteiger partial charge >= 0.3 is 0 Å². The van der Waals surface area contributed by atoms with Crippen LogP contribution in [0.2, 0.25) is 0 Å². The zero-order valence-corrected chi connectivity index (χ0v) is 18.0. The van der Waals surface area contributed by atoms with E-state index in [-0.39, 0.29) is 29.7 Å². The molecular weight excluding hydrogens is 404 g/mol. The van der Waals surface area contributed by atoms with Gasteiger partial charge in [-0.1, -0.05) is 17.7 Å². The quantitative estimate of drug-likeness (QED) is 0.637. The van der Waals surface area contributed by atoms with Crippen molar-refractivity contribution in [3.05, 3.63) is 65.4 Å². The van der Waals surface area contributed by atoms with E-state index in [4.69, 9.17) is 4.42 Å². The summed E-state index contributed by atoms with van der Waals surface area (Å²) in [5.41, 5.74) is 2.97. The summed E-state index contributed by atoms with van der Waals surface area (Å²) < 4.78 is 35.0. The molecule has 1 saturated heterocycles. The number of hydrogen-bond acceptors (Lipinski definition) is 5. The van der Waals surface area contributed by atoms with E-state index >= 15 is 0 Å². The fourth-order valence-electron chi connectivity index (χ4n) is 3.76. The number of sulfonamides is 1. The molecule has 0 atom stereocenters. The number of rotatable bonds is 4. The van der Waals surface area contributed by atoms with Gasteiger partial charge in [0.05, 0.1) is 23.3 Å². The van der Waals surface area contributed by atoms with Crippen LogP contribution in [0.3, 0.4) is 0 Å². The average molecular weight is 429 g/mol. The Morgan fingerprint density at radius 2 is 1.67 bits per heavy atom. The van der Waals surface area contributed by atoms with Gasteiger partial charge in [0.2, 0.25) is 10.0 Å². The van der Waals surface area contributed by atoms with Crippen LogP contribution in [-0.2, 0) is 10.0 Å². The molecule has 0 N–H and O–H groups in total. The first-order chi connectivity index (χ1) is 14.3. The number of carbonyl (C=O) groups is 1. The minimum absolute atomic E-state index is 0.225. The Hall–Kier alpha value is -2.91. The van der Waals surface area contributed by atoms with Gasteiger partial charge in [-0.25, -0.2) is 13.1 Å². The van der Waals surface area contributed by atoms with Crippen LogP contribution >= 0.6 is 0 Å². The zero-order chi connectivity index (χ0) is 21.5. The number of benzene rings is 1. The van der Waals surface area contributed by atoms with Gasteiger partial charge in [-0.3, -0.25) is 4.79 Å².